The summed E-state index contributed by atoms with van der Waals surface area (Å²) >= 11 is 3.27. The molecule has 0 aliphatic heterocycles. The fourth-order valence-electron chi connectivity index (χ4n) is 1.55. The Bertz CT molecular complexity index is 617. The second-order valence-corrected chi connectivity index (χ2v) is 4.72. The molecular weight excluding hydrogens is 310 g/mol. The lowest BCUT2D eigenvalue weighted by atomic mass is 10.2. The third kappa shape index (κ3) is 3.23. The maximum absolute atomic E-state index is 12.1. The second-order valence-electron chi connectivity index (χ2n) is 3.81. The molecular formula is C13H12BrN3O2. The number of benzene rings is 1. The van der Waals surface area contributed by atoms with Crippen LogP contribution < -0.4 is 15.8 Å². The molecule has 0 saturated carbocycles. The maximum atomic E-state index is 12.1. The zero-order chi connectivity index (χ0) is 13.8. The van der Waals surface area contributed by atoms with E-state index in [1.165, 1.54) is 13.3 Å². The number of nitrogens with two attached hydrogens (primary N) is 1. The largest absolute Gasteiger partial charge is 0.495 e. The van der Waals surface area contributed by atoms with Crippen LogP contribution in [0, 0.1) is 0 Å². The SMILES string of the molecule is COc1ccc(N)cc1NC(=O)c1cncc(Br)c1. The van der Waals surface area contributed by atoms with Gasteiger partial charge in [-0.2, -0.15) is 0 Å². The minimum Gasteiger partial charge on any atom is -0.495 e. The highest BCUT2D eigenvalue weighted by Gasteiger charge is 2.10. The number of nitrogen functional groups attached to an aromatic ring is 1. The van der Waals surface area contributed by atoms with Crippen LogP contribution in [0.25, 0.3) is 0 Å². The van der Waals surface area contributed by atoms with Crippen molar-refractivity contribution in [2.75, 3.05) is 18.2 Å². The molecule has 98 valence electrons. The van der Waals surface area contributed by atoms with Crippen molar-refractivity contribution >= 4 is 33.2 Å². The van der Waals surface area contributed by atoms with Gasteiger partial charge in [0.1, 0.15) is 5.75 Å². The van der Waals surface area contributed by atoms with Crippen LogP contribution in [0.3, 0.4) is 0 Å². The highest BCUT2D eigenvalue weighted by Crippen LogP contribution is 2.27. The first-order valence-corrected chi connectivity index (χ1v) is 6.25. The number of rotatable bonds is 3. The minimum absolute atomic E-state index is 0.280. The van der Waals surface area contributed by atoms with Gasteiger partial charge in [-0.05, 0) is 40.2 Å². The van der Waals surface area contributed by atoms with Crippen LogP contribution in [0.1, 0.15) is 10.4 Å². The lowest BCUT2D eigenvalue weighted by Crippen LogP contribution is -2.13. The maximum Gasteiger partial charge on any atom is 0.257 e. The van der Waals surface area contributed by atoms with E-state index in [1.54, 1.807) is 30.5 Å². The van der Waals surface area contributed by atoms with Gasteiger partial charge in [0, 0.05) is 22.6 Å². The van der Waals surface area contributed by atoms with Crippen LogP contribution in [0.15, 0.2) is 41.1 Å². The molecule has 3 N–H and O–H groups in total. The van der Waals surface area contributed by atoms with E-state index >= 15 is 0 Å². The average molecular weight is 322 g/mol. The fourth-order valence-corrected chi connectivity index (χ4v) is 1.92. The van der Waals surface area contributed by atoms with Crippen LogP contribution in [0.2, 0.25) is 0 Å². The van der Waals surface area contributed by atoms with E-state index in [4.69, 9.17) is 10.5 Å². The van der Waals surface area contributed by atoms with Gasteiger partial charge in [-0.25, -0.2) is 0 Å². The summed E-state index contributed by atoms with van der Waals surface area (Å²) in [6.45, 7) is 0. The first kappa shape index (κ1) is 13.4. The van der Waals surface area contributed by atoms with Crippen molar-refractivity contribution in [3.8, 4) is 5.75 Å². The number of hydrogen-bond donors (Lipinski definition) is 2. The number of carbonyl (C=O) groups excluding carboxylic acids is 1. The van der Waals surface area contributed by atoms with Crippen molar-refractivity contribution in [3.63, 3.8) is 0 Å². The molecule has 0 aliphatic rings. The normalized spacial score (nSPS) is 10.0. The number of nitrogens with one attached hydrogen (secondary N) is 1. The van der Waals surface area contributed by atoms with Crippen LogP contribution >= 0.6 is 15.9 Å². The predicted octanol–water partition coefficient (Wildman–Crippen LogP) is 2.69. The Hall–Kier alpha value is -2.08. The third-order valence-corrected chi connectivity index (χ3v) is 2.87. The Balaban J connectivity index is 2.26. The molecule has 0 aliphatic carbocycles. The number of hydrogen-bond acceptors (Lipinski definition) is 4. The van der Waals surface area contributed by atoms with E-state index in [2.05, 4.69) is 26.2 Å². The Morgan fingerprint density at radius 3 is 2.84 bits per heavy atom. The Kier molecular flexibility index (Phi) is 4.01. The molecule has 1 heterocycles. The standard InChI is InChI=1S/C13H12BrN3O2/c1-19-12-3-2-10(15)5-11(12)17-13(18)8-4-9(14)7-16-6-8/h2-7H,15H2,1H3,(H,17,18). The van der Waals surface area contributed by atoms with Crippen molar-refractivity contribution < 1.29 is 9.53 Å². The first-order valence-electron chi connectivity index (χ1n) is 5.45. The van der Waals surface area contributed by atoms with E-state index in [0.717, 1.165) is 4.47 Å². The Labute approximate surface area is 118 Å². The molecule has 0 atom stereocenters. The number of ether oxygens (including phenoxy) is 1. The molecule has 0 bridgehead atoms. The van der Waals surface area contributed by atoms with Gasteiger partial charge in [0.2, 0.25) is 0 Å². The summed E-state index contributed by atoms with van der Waals surface area (Å²) in [6, 6.07) is 6.72. The topological polar surface area (TPSA) is 77.2 Å². The molecule has 0 radical (unpaired) electrons. The number of methoxy groups -OCH3 is 1. The number of carbonyl (C=O) groups is 1. The summed E-state index contributed by atoms with van der Waals surface area (Å²) in [6.07, 6.45) is 3.09. The highest BCUT2D eigenvalue weighted by atomic mass is 79.9. The van der Waals surface area contributed by atoms with Crippen LogP contribution in [-0.2, 0) is 0 Å². The second kappa shape index (κ2) is 5.71. The lowest BCUT2D eigenvalue weighted by Gasteiger charge is -2.10. The number of amides is 1. The van der Waals surface area contributed by atoms with Gasteiger partial charge in [-0.3, -0.25) is 9.78 Å². The fraction of sp³-hybridized carbons (Fsp3) is 0.0769. The molecule has 1 aromatic heterocycles. The van der Waals surface area contributed by atoms with E-state index in [-0.39, 0.29) is 5.91 Å². The van der Waals surface area contributed by atoms with Gasteiger partial charge < -0.3 is 15.8 Å². The molecule has 2 aromatic rings. The van der Waals surface area contributed by atoms with Gasteiger partial charge in [-0.15, -0.1) is 0 Å². The summed E-state index contributed by atoms with van der Waals surface area (Å²) in [4.78, 5) is 16.0. The van der Waals surface area contributed by atoms with E-state index in [1.807, 2.05) is 0 Å². The summed E-state index contributed by atoms with van der Waals surface area (Å²) in [5.41, 5.74) is 7.20. The van der Waals surface area contributed by atoms with Crippen LogP contribution in [-0.4, -0.2) is 18.0 Å². The van der Waals surface area contributed by atoms with E-state index in [9.17, 15) is 4.79 Å². The Morgan fingerprint density at radius 1 is 1.37 bits per heavy atom. The minimum atomic E-state index is -0.280. The quantitative estimate of drug-likeness (QED) is 0.852. The number of halogens is 1. The molecule has 5 nitrogen and oxygen atoms in total. The molecule has 1 aromatic carbocycles. The van der Waals surface area contributed by atoms with Crippen molar-refractivity contribution in [1.29, 1.82) is 0 Å². The Morgan fingerprint density at radius 2 is 2.16 bits per heavy atom. The number of pyridine rings is 1. The average Bonchev–Trinajstić information content (AvgIpc) is 2.39. The van der Waals surface area contributed by atoms with Gasteiger partial charge in [0.05, 0.1) is 18.4 Å². The van der Waals surface area contributed by atoms with Crippen molar-refractivity contribution in [1.82, 2.24) is 4.98 Å². The lowest BCUT2D eigenvalue weighted by molar-refractivity contribution is 0.102. The summed E-state index contributed by atoms with van der Waals surface area (Å²) in [5, 5.41) is 2.74. The van der Waals surface area contributed by atoms with E-state index < -0.39 is 0 Å². The molecule has 19 heavy (non-hydrogen) atoms. The summed E-state index contributed by atoms with van der Waals surface area (Å²) in [5.74, 6) is 0.267. The molecule has 6 heteroatoms. The van der Waals surface area contributed by atoms with Crippen LogP contribution in [0.4, 0.5) is 11.4 Å². The van der Waals surface area contributed by atoms with Crippen molar-refractivity contribution in [3.05, 3.63) is 46.7 Å². The number of anilines is 2. The molecule has 0 saturated heterocycles. The molecule has 1 amide bonds. The van der Waals surface area contributed by atoms with Gasteiger partial charge in [-0.1, -0.05) is 0 Å². The summed E-state index contributed by atoms with van der Waals surface area (Å²) < 4.78 is 5.90. The smallest absolute Gasteiger partial charge is 0.257 e. The first-order chi connectivity index (χ1) is 9.10. The zero-order valence-electron chi connectivity index (χ0n) is 10.2. The molecule has 0 spiro atoms. The van der Waals surface area contributed by atoms with Gasteiger partial charge >= 0.3 is 0 Å². The molecule has 2 rings (SSSR count). The van der Waals surface area contributed by atoms with Crippen molar-refractivity contribution in [2.45, 2.75) is 0 Å². The summed E-state index contributed by atoms with van der Waals surface area (Å²) in [7, 11) is 1.53. The van der Waals surface area contributed by atoms with Gasteiger partial charge in [0.15, 0.2) is 0 Å². The van der Waals surface area contributed by atoms with E-state index in [0.29, 0.717) is 22.7 Å². The van der Waals surface area contributed by atoms with Crippen molar-refractivity contribution in [2.24, 2.45) is 0 Å². The monoisotopic (exact) mass is 321 g/mol. The molecule has 0 unspecified atom stereocenters. The predicted molar refractivity (Wildman–Crippen MR) is 77.3 cm³/mol. The van der Waals surface area contributed by atoms with Gasteiger partial charge in [0.25, 0.3) is 5.91 Å². The highest BCUT2D eigenvalue weighted by molar-refractivity contribution is 9.10. The molecule has 0 fully saturated rings. The third-order valence-electron chi connectivity index (χ3n) is 2.44. The van der Waals surface area contributed by atoms with Crippen LogP contribution in [0.5, 0.6) is 5.75 Å². The zero-order valence-corrected chi connectivity index (χ0v) is 11.8. The number of aromatic nitrogens is 1. The number of nitrogens with zero attached hydrogens (tertiary/aromatic N) is 1.